The zero-order valence-electron chi connectivity index (χ0n) is 11.4. The molecule has 104 valence electrons. The molecule has 0 saturated heterocycles. The second-order valence-electron chi connectivity index (χ2n) is 5.01. The van der Waals surface area contributed by atoms with Gasteiger partial charge in [0.15, 0.2) is 0 Å². The van der Waals surface area contributed by atoms with Crippen LogP contribution in [0.5, 0.6) is 0 Å². The standard InChI is InChI=1S/C15H17N3OS/c1-11-2-3-12-9-14(20-13(12)8-11)15(19)17-5-7-18-6-4-16-10-18/h2-4,6,8,10,14H,5,7,9H2,1H3,(H,17,19)/t14-/m0/s1. The van der Waals surface area contributed by atoms with Gasteiger partial charge >= 0.3 is 0 Å². The van der Waals surface area contributed by atoms with Crippen LogP contribution in [-0.2, 0) is 17.8 Å². The molecule has 0 fully saturated rings. The molecule has 2 aromatic rings. The Kier molecular flexibility index (Phi) is 3.78. The minimum Gasteiger partial charge on any atom is -0.353 e. The summed E-state index contributed by atoms with van der Waals surface area (Å²) in [5.41, 5.74) is 2.53. The fraction of sp³-hybridized carbons (Fsp3) is 0.333. The van der Waals surface area contributed by atoms with Gasteiger partial charge in [0.1, 0.15) is 0 Å². The summed E-state index contributed by atoms with van der Waals surface area (Å²) in [5.74, 6) is 0.129. The highest BCUT2D eigenvalue weighted by molar-refractivity contribution is 8.01. The lowest BCUT2D eigenvalue weighted by atomic mass is 10.1. The normalized spacial score (nSPS) is 16.9. The number of hydrogen-bond acceptors (Lipinski definition) is 3. The van der Waals surface area contributed by atoms with Gasteiger partial charge in [0.05, 0.1) is 11.6 Å². The topological polar surface area (TPSA) is 46.9 Å². The van der Waals surface area contributed by atoms with E-state index in [0.717, 1.165) is 13.0 Å². The minimum atomic E-state index is 0.00888. The number of fused-ring (bicyclic) bond motifs is 1. The highest BCUT2D eigenvalue weighted by atomic mass is 32.2. The van der Waals surface area contributed by atoms with Gasteiger partial charge in [-0.25, -0.2) is 4.98 Å². The van der Waals surface area contributed by atoms with Crippen LogP contribution >= 0.6 is 11.8 Å². The number of imidazole rings is 1. The summed E-state index contributed by atoms with van der Waals surface area (Å²) in [4.78, 5) is 17.4. The molecular formula is C15H17N3OS. The summed E-state index contributed by atoms with van der Waals surface area (Å²) >= 11 is 1.68. The maximum absolute atomic E-state index is 12.2. The van der Waals surface area contributed by atoms with E-state index in [2.05, 4.69) is 35.4 Å². The van der Waals surface area contributed by atoms with Crippen molar-refractivity contribution in [1.82, 2.24) is 14.9 Å². The third-order valence-electron chi connectivity index (χ3n) is 3.42. The molecule has 0 radical (unpaired) electrons. The first-order valence-electron chi connectivity index (χ1n) is 6.72. The van der Waals surface area contributed by atoms with Crippen molar-refractivity contribution in [2.24, 2.45) is 0 Å². The maximum atomic E-state index is 12.2. The van der Waals surface area contributed by atoms with Crippen molar-refractivity contribution in [3.05, 3.63) is 48.0 Å². The van der Waals surface area contributed by atoms with Crippen LogP contribution < -0.4 is 5.32 Å². The minimum absolute atomic E-state index is 0.00888. The van der Waals surface area contributed by atoms with E-state index < -0.39 is 0 Å². The number of benzene rings is 1. The molecular weight excluding hydrogens is 270 g/mol. The predicted molar refractivity (Wildman–Crippen MR) is 79.8 cm³/mol. The molecule has 0 spiro atoms. The molecule has 1 atom stereocenters. The lowest BCUT2D eigenvalue weighted by Gasteiger charge is -2.10. The Balaban J connectivity index is 1.52. The number of aromatic nitrogens is 2. The molecule has 3 rings (SSSR count). The van der Waals surface area contributed by atoms with Crippen molar-refractivity contribution < 1.29 is 4.79 Å². The van der Waals surface area contributed by atoms with Crippen LogP contribution in [-0.4, -0.2) is 27.3 Å². The lowest BCUT2D eigenvalue weighted by molar-refractivity contribution is -0.120. The number of amides is 1. The highest BCUT2D eigenvalue weighted by Crippen LogP contribution is 2.37. The Morgan fingerprint density at radius 1 is 1.55 bits per heavy atom. The van der Waals surface area contributed by atoms with Gasteiger partial charge in [0.2, 0.25) is 5.91 Å². The van der Waals surface area contributed by atoms with Crippen LogP contribution in [0.4, 0.5) is 0 Å². The second kappa shape index (κ2) is 5.71. The number of hydrogen-bond donors (Lipinski definition) is 1. The molecule has 1 aromatic carbocycles. The van der Waals surface area contributed by atoms with Gasteiger partial charge in [-0.2, -0.15) is 0 Å². The molecule has 0 unspecified atom stereocenters. The van der Waals surface area contributed by atoms with E-state index in [1.807, 2.05) is 10.8 Å². The van der Waals surface area contributed by atoms with Gasteiger partial charge in [-0.05, 0) is 25.0 Å². The molecule has 5 heteroatoms. The Labute approximate surface area is 122 Å². The zero-order chi connectivity index (χ0) is 13.9. The Morgan fingerprint density at radius 2 is 2.45 bits per heavy atom. The summed E-state index contributed by atoms with van der Waals surface area (Å²) in [6.45, 7) is 3.48. The average molecular weight is 287 g/mol. The van der Waals surface area contributed by atoms with Gasteiger partial charge in [0.25, 0.3) is 0 Å². The van der Waals surface area contributed by atoms with Gasteiger partial charge in [-0.15, -0.1) is 11.8 Å². The molecule has 1 aliphatic heterocycles. The third kappa shape index (κ3) is 2.88. The van der Waals surface area contributed by atoms with Gasteiger partial charge in [0, 0.05) is 30.4 Å². The summed E-state index contributed by atoms with van der Waals surface area (Å²) < 4.78 is 1.96. The highest BCUT2D eigenvalue weighted by Gasteiger charge is 2.27. The number of carbonyl (C=O) groups excluding carboxylic acids is 1. The van der Waals surface area contributed by atoms with Crippen molar-refractivity contribution in [3.63, 3.8) is 0 Å². The van der Waals surface area contributed by atoms with E-state index in [9.17, 15) is 4.79 Å². The molecule has 0 aliphatic carbocycles. The van der Waals surface area contributed by atoms with Gasteiger partial charge in [-0.1, -0.05) is 17.7 Å². The van der Waals surface area contributed by atoms with Gasteiger partial charge < -0.3 is 9.88 Å². The average Bonchev–Trinajstić information content (AvgIpc) is 3.06. The summed E-state index contributed by atoms with van der Waals surface area (Å²) in [6.07, 6.45) is 6.23. The monoisotopic (exact) mass is 287 g/mol. The molecule has 1 aromatic heterocycles. The SMILES string of the molecule is Cc1ccc2c(c1)S[C@H](C(=O)NCCn1ccnc1)C2. The van der Waals surface area contributed by atoms with Gasteiger partial charge in [-0.3, -0.25) is 4.79 Å². The number of nitrogens with zero attached hydrogens (tertiary/aromatic N) is 2. The smallest absolute Gasteiger partial charge is 0.233 e. The number of carbonyl (C=O) groups is 1. The zero-order valence-corrected chi connectivity index (χ0v) is 12.2. The Hall–Kier alpha value is -1.75. The molecule has 1 amide bonds. The maximum Gasteiger partial charge on any atom is 0.233 e. The Morgan fingerprint density at radius 3 is 3.25 bits per heavy atom. The molecule has 2 heterocycles. The molecule has 1 N–H and O–H groups in total. The fourth-order valence-electron chi connectivity index (χ4n) is 2.32. The summed E-state index contributed by atoms with van der Waals surface area (Å²) in [7, 11) is 0. The molecule has 0 bridgehead atoms. The number of rotatable bonds is 4. The number of nitrogens with one attached hydrogen (secondary N) is 1. The lowest BCUT2D eigenvalue weighted by Crippen LogP contribution is -2.34. The Bertz CT molecular complexity index is 610. The molecule has 20 heavy (non-hydrogen) atoms. The van der Waals surface area contributed by atoms with Crippen LogP contribution in [0.25, 0.3) is 0 Å². The van der Waals surface area contributed by atoms with E-state index >= 15 is 0 Å². The van der Waals surface area contributed by atoms with Crippen molar-refractivity contribution >= 4 is 17.7 Å². The van der Waals surface area contributed by atoms with Crippen LogP contribution in [0.3, 0.4) is 0 Å². The van der Waals surface area contributed by atoms with Crippen LogP contribution in [0.1, 0.15) is 11.1 Å². The van der Waals surface area contributed by atoms with Crippen molar-refractivity contribution in [2.75, 3.05) is 6.54 Å². The third-order valence-corrected chi connectivity index (χ3v) is 4.72. The number of thioether (sulfide) groups is 1. The first kappa shape index (κ1) is 13.2. The van der Waals surface area contributed by atoms with E-state index in [4.69, 9.17) is 0 Å². The second-order valence-corrected chi connectivity index (χ2v) is 6.26. The molecule has 1 aliphatic rings. The first-order valence-corrected chi connectivity index (χ1v) is 7.60. The summed E-state index contributed by atoms with van der Waals surface area (Å²) in [6, 6.07) is 6.41. The molecule has 4 nitrogen and oxygen atoms in total. The van der Waals surface area contributed by atoms with Crippen molar-refractivity contribution in [1.29, 1.82) is 0 Å². The predicted octanol–water partition coefficient (Wildman–Crippen LogP) is 2.02. The van der Waals surface area contributed by atoms with E-state index in [-0.39, 0.29) is 11.2 Å². The fourth-order valence-corrected chi connectivity index (χ4v) is 3.64. The van der Waals surface area contributed by atoms with Crippen LogP contribution in [0.15, 0.2) is 41.8 Å². The van der Waals surface area contributed by atoms with E-state index in [1.165, 1.54) is 16.0 Å². The van der Waals surface area contributed by atoms with E-state index in [0.29, 0.717) is 6.54 Å². The van der Waals surface area contributed by atoms with Crippen LogP contribution in [0.2, 0.25) is 0 Å². The van der Waals surface area contributed by atoms with Crippen LogP contribution in [0, 0.1) is 6.92 Å². The first-order chi connectivity index (χ1) is 9.72. The molecule has 0 saturated carbocycles. The quantitative estimate of drug-likeness (QED) is 0.936. The number of aryl methyl sites for hydroxylation is 1. The van der Waals surface area contributed by atoms with Crippen molar-refractivity contribution in [2.45, 2.75) is 30.0 Å². The van der Waals surface area contributed by atoms with Crippen molar-refractivity contribution in [3.8, 4) is 0 Å². The van der Waals surface area contributed by atoms with E-state index in [1.54, 1.807) is 24.3 Å². The summed E-state index contributed by atoms with van der Waals surface area (Å²) in [5, 5.41) is 3.01. The largest absolute Gasteiger partial charge is 0.353 e.